The molecular formula is C13H9Br2NO. The number of halogens is 2. The van der Waals surface area contributed by atoms with Gasteiger partial charge < -0.3 is 5.73 Å². The Kier molecular flexibility index (Phi) is 3.64. The number of benzene rings is 2. The van der Waals surface area contributed by atoms with Crippen molar-refractivity contribution in [2.75, 3.05) is 5.73 Å². The van der Waals surface area contributed by atoms with Crippen LogP contribution in [0.2, 0.25) is 0 Å². The van der Waals surface area contributed by atoms with E-state index in [-0.39, 0.29) is 5.78 Å². The van der Waals surface area contributed by atoms with Crippen LogP contribution in [0.1, 0.15) is 15.9 Å². The number of ketones is 1. The number of hydrogen-bond acceptors (Lipinski definition) is 2. The van der Waals surface area contributed by atoms with Gasteiger partial charge in [0, 0.05) is 25.8 Å². The Hall–Kier alpha value is -1.13. The zero-order valence-electron chi connectivity index (χ0n) is 8.78. The summed E-state index contributed by atoms with van der Waals surface area (Å²) < 4.78 is 1.69. The van der Waals surface area contributed by atoms with E-state index in [0.717, 1.165) is 8.95 Å². The van der Waals surface area contributed by atoms with Gasteiger partial charge in [0.2, 0.25) is 0 Å². The summed E-state index contributed by atoms with van der Waals surface area (Å²) in [7, 11) is 0. The minimum Gasteiger partial charge on any atom is -0.399 e. The van der Waals surface area contributed by atoms with Crippen LogP contribution in [0.15, 0.2) is 51.4 Å². The predicted molar refractivity (Wildman–Crippen MR) is 76.1 cm³/mol. The third-order valence-electron chi connectivity index (χ3n) is 2.32. The summed E-state index contributed by atoms with van der Waals surface area (Å²) in [4.78, 5) is 12.2. The van der Waals surface area contributed by atoms with Gasteiger partial charge in [-0.3, -0.25) is 4.79 Å². The van der Waals surface area contributed by atoms with Gasteiger partial charge in [-0.1, -0.05) is 28.1 Å². The molecule has 2 rings (SSSR count). The number of hydrogen-bond donors (Lipinski definition) is 1. The first kappa shape index (κ1) is 12.3. The van der Waals surface area contributed by atoms with Crippen molar-refractivity contribution in [2.24, 2.45) is 0 Å². The van der Waals surface area contributed by atoms with Gasteiger partial charge in [-0.25, -0.2) is 0 Å². The van der Waals surface area contributed by atoms with Gasteiger partial charge in [-0.15, -0.1) is 0 Å². The molecule has 17 heavy (non-hydrogen) atoms. The van der Waals surface area contributed by atoms with Crippen molar-refractivity contribution in [3.05, 3.63) is 62.5 Å². The number of nitrogens with two attached hydrogens (primary N) is 1. The van der Waals surface area contributed by atoms with E-state index in [1.807, 2.05) is 12.1 Å². The lowest BCUT2D eigenvalue weighted by atomic mass is 10.0. The highest BCUT2D eigenvalue weighted by molar-refractivity contribution is 9.11. The molecule has 0 aliphatic carbocycles. The third kappa shape index (κ3) is 2.76. The number of anilines is 1. The Morgan fingerprint density at radius 1 is 1.06 bits per heavy atom. The Bertz CT molecular complexity index is 581. The fourth-order valence-corrected chi connectivity index (χ4v) is 2.74. The van der Waals surface area contributed by atoms with Crippen LogP contribution in [-0.4, -0.2) is 5.78 Å². The van der Waals surface area contributed by atoms with Crippen molar-refractivity contribution >= 4 is 43.3 Å². The van der Waals surface area contributed by atoms with E-state index >= 15 is 0 Å². The Morgan fingerprint density at radius 2 is 1.82 bits per heavy atom. The number of carbonyl (C=O) groups excluding carboxylic acids is 1. The fourth-order valence-electron chi connectivity index (χ4n) is 1.51. The molecule has 0 aliphatic rings. The van der Waals surface area contributed by atoms with Gasteiger partial charge in [0.25, 0.3) is 0 Å². The molecule has 86 valence electrons. The highest BCUT2D eigenvalue weighted by Gasteiger charge is 2.12. The van der Waals surface area contributed by atoms with Gasteiger partial charge in [0.05, 0.1) is 0 Å². The molecule has 0 aromatic heterocycles. The maximum absolute atomic E-state index is 12.2. The number of nitrogen functional groups attached to an aromatic ring is 1. The van der Waals surface area contributed by atoms with Crippen LogP contribution >= 0.6 is 31.9 Å². The van der Waals surface area contributed by atoms with E-state index in [4.69, 9.17) is 5.73 Å². The summed E-state index contributed by atoms with van der Waals surface area (Å²) in [6.45, 7) is 0. The van der Waals surface area contributed by atoms with Gasteiger partial charge in [-0.05, 0) is 46.3 Å². The molecule has 0 atom stereocenters. The lowest BCUT2D eigenvalue weighted by Gasteiger charge is -2.05. The fraction of sp³-hybridized carbons (Fsp3) is 0. The molecule has 0 saturated heterocycles. The monoisotopic (exact) mass is 353 g/mol. The van der Waals surface area contributed by atoms with Crippen LogP contribution in [0, 0.1) is 0 Å². The smallest absolute Gasteiger partial charge is 0.194 e. The third-order valence-corrected chi connectivity index (χ3v) is 3.47. The standard InChI is InChI=1S/C13H9Br2NO/c14-9-4-5-11(12(15)7-9)13(17)8-2-1-3-10(16)6-8/h1-7H,16H2. The van der Waals surface area contributed by atoms with Crippen LogP contribution in [0.5, 0.6) is 0 Å². The zero-order chi connectivity index (χ0) is 12.4. The van der Waals surface area contributed by atoms with Crippen LogP contribution in [-0.2, 0) is 0 Å². The second kappa shape index (κ2) is 5.02. The second-order valence-electron chi connectivity index (χ2n) is 3.58. The van der Waals surface area contributed by atoms with E-state index in [9.17, 15) is 4.79 Å². The molecule has 0 unspecified atom stereocenters. The summed E-state index contributed by atoms with van der Waals surface area (Å²) in [6, 6.07) is 12.4. The predicted octanol–water partition coefficient (Wildman–Crippen LogP) is 4.02. The van der Waals surface area contributed by atoms with Crippen molar-refractivity contribution in [1.82, 2.24) is 0 Å². The van der Waals surface area contributed by atoms with Crippen molar-refractivity contribution in [1.29, 1.82) is 0 Å². The summed E-state index contributed by atoms with van der Waals surface area (Å²) in [5, 5.41) is 0. The van der Waals surface area contributed by atoms with E-state index in [0.29, 0.717) is 16.8 Å². The number of carbonyl (C=O) groups is 1. The molecule has 2 N–H and O–H groups in total. The van der Waals surface area contributed by atoms with Crippen LogP contribution in [0.3, 0.4) is 0 Å². The Morgan fingerprint density at radius 3 is 2.47 bits per heavy atom. The van der Waals surface area contributed by atoms with Crippen LogP contribution < -0.4 is 5.73 Å². The summed E-state index contributed by atoms with van der Waals surface area (Å²) >= 11 is 6.73. The second-order valence-corrected chi connectivity index (χ2v) is 5.35. The van der Waals surface area contributed by atoms with Crippen molar-refractivity contribution < 1.29 is 4.79 Å². The van der Waals surface area contributed by atoms with Gasteiger partial charge in [0.15, 0.2) is 5.78 Å². The topological polar surface area (TPSA) is 43.1 Å². The average Bonchev–Trinajstić information content (AvgIpc) is 2.28. The summed E-state index contributed by atoms with van der Waals surface area (Å²) in [5.41, 5.74) is 7.47. The average molecular weight is 355 g/mol. The summed E-state index contributed by atoms with van der Waals surface area (Å²) in [6.07, 6.45) is 0. The Labute approximate surface area is 116 Å². The van der Waals surface area contributed by atoms with Crippen LogP contribution in [0.4, 0.5) is 5.69 Å². The van der Waals surface area contributed by atoms with Gasteiger partial charge in [-0.2, -0.15) is 0 Å². The molecule has 0 amide bonds. The largest absolute Gasteiger partial charge is 0.399 e. The first-order valence-corrected chi connectivity index (χ1v) is 6.52. The Balaban J connectivity index is 2.44. The molecule has 2 nitrogen and oxygen atoms in total. The van der Waals surface area contributed by atoms with E-state index < -0.39 is 0 Å². The first-order chi connectivity index (χ1) is 8.08. The maximum Gasteiger partial charge on any atom is 0.194 e. The first-order valence-electron chi connectivity index (χ1n) is 4.93. The van der Waals surface area contributed by atoms with Crippen molar-refractivity contribution in [3.8, 4) is 0 Å². The highest BCUT2D eigenvalue weighted by Crippen LogP contribution is 2.24. The van der Waals surface area contributed by atoms with Crippen molar-refractivity contribution in [2.45, 2.75) is 0 Å². The molecule has 0 bridgehead atoms. The molecule has 0 fully saturated rings. The van der Waals surface area contributed by atoms with Crippen molar-refractivity contribution in [3.63, 3.8) is 0 Å². The van der Waals surface area contributed by atoms with E-state index in [1.54, 1.807) is 30.3 Å². The number of rotatable bonds is 2. The summed E-state index contributed by atoms with van der Waals surface area (Å²) in [5.74, 6) is -0.0447. The highest BCUT2D eigenvalue weighted by atomic mass is 79.9. The SMILES string of the molecule is Nc1cccc(C(=O)c2ccc(Br)cc2Br)c1. The molecule has 4 heteroatoms. The lowest BCUT2D eigenvalue weighted by Crippen LogP contribution is -2.03. The molecule has 2 aromatic carbocycles. The van der Waals surface area contributed by atoms with Gasteiger partial charge >= 0.3 is 0 Å². The molecule has 0 saturated carbocycles. The minimum atomic E-state index is -0.0447. The zero-order valence-corrected chi connectivity index (χ0v) is 12.0. The minimum absolute atomic E-state index is 0.0447. The molecule has 0 radical (unpaired) electrons. The molecule has 0 heterocycles. The molecule has 0 spiro atoms. The lowest BCUT2D eigenvalue weighted by molar-refractivity contribution is 0.103. The van der Waals surface area contributed by atoms with Crippen LogP contribution in [0.25, 0.3) is 0 Å². The molecular weight excluding hydrogens is 346 g/mol. The normalized spacial score (nSPS) is 10.2. The van der Waals surface area contributed by atoms with E-state index in [1.165, 1.54) is 0 Å². The molecule has 2 aromatic rings. The quantitative estimate of drug-likeness (QED) is 0.653. The maximum atomic E-state index is 12.2. The van der Waals surface area contributed by atoms with E-state index in [2.05, 4.69) is 31.9 Å². The molecule has 0 aliphatic heterocycles. The van der Waals surface area contributed by atoms with Gasteiger partial charge in [0.1, 0.15) is 0 Å².